The third kappa shape index (κ3) is 13.2. The molecule has 0 bridgehead atoms. The molecular weight excluding hydrogens is 628 g/mol. The number of aromatic nitrogens is 1. The van der Waals surface area contributed by atoms with Crippen LogP contribution in [0.4, 0.5) is 11.4 Å². The Kier molecular flexibility index (Phi) is 21.5. The Morgan fingerprint density at radius 3 is 1.05 bits per heavy atom. The SMILES string of the molecule is CCCCc1cc(C)cc(CCCC)c1N=Cc1cc(C)cc(C=Nc2c(CCCC)cc(C)cc2CCCC)n1.[Cl-].[Cl-].[Co+2]. The van der Waals surface area contributed by atoms with E-state index in [9.17, 15) is 0 Å². The first-order valence-corrected chi connectivity index (χ1v) is 16.2. The number of pyridine rings is 1. The van der Waals surface area contributed by atoms with Crippen molar-refractivity contribution in [2.75, 3.05) is 0 Å². The van der Waals surface area contributed by atoms with Crippen LogP contribution < -0.4 is 24.8 Å². The van der Waals surface area contributed by atoms with Crippen LogP contribution in [0.2, 0.25) is 0 Å². The molecule has 0 fully saturated rings. The van der Waals surface area contributed by atoms with Gasteiger partial charge < -0.3 is 24.8 Å². The molecule has 3 rings (SSSR count). The quantitative estimate of drug-likeness (QED) is 0.199. The van der Waals surface area contributed by atoms with E-state index >= 15 is 0 Å². The molecule has 1 radical (unpaired) electrons. The van der Waals surface area contributed by atoms with Crippen LogP contribution in [0.1, 0.15) is 129 Å². The van der Waals surface area contributed by atoms with Crippen molar-refractivity contribution in [2.45, 2.75) is 126 Å². The van der Waals surface area contributed by atoms with Gasteiger partial charge >= 0.3 is 16.8 Å². The van der Waals surface area contributed by atoms with Crippen molar-refractivity contribution in [3.63, 3.8) is 0 Å². The van der Waals surface area contributed by atoms with Crippen LogP contribution in [0.25, 0.3) is 0 Å². The maximum Gasteiger partial charge on any atom is 2.00 e. The monoisotopic (exact) mass is 680 g/mol. The zero-order chi connectivity index (χ0) is 29.6. The largest absolute Gasteiger partial charge is 2.00 e. The number of aryl methyl sites for hydroxylation is 7. The summed E-state index contributed by atoms with van der Waals surface area (Å²) in [5.74, 6) is 0. The van der Waals surface area contributed by atoms with E-state index in [4.69, 9.17) is 15.0 Å². The molecule has 3 aromatic rings. The third-order valence-corrected chi connectivity index (χ3v) is 7.68. The van der Waals surface area contributed by atoms with Crippen molar-refractivity contribution in [3.05, 3.63) is 86.7 Å². The molecule has 1 aromatic heterocycles. The summed E-state index contributed by atoms with van der Waals surface area (Å²) < 4.78 is 0. The van der Waals surface area contributed by atoms with Gasteiger partial charge in [0.05, 0.1) is 35.2 Å². The van der Waals surface area contributed by atoms with Crippen LogP contribution in [0, 0.1) is 20.8 Å². The molecule has 0 unspecified atom stereocenters. The van der Waals surface area contributed by atoms with Crippen molar-refractivity contribution in [2.24, 2.45) is 9.98 Å². The van der Waals surface area contributed by atoms with E-state index < -0.39 is 0 Å². The number of rotatable bonds is 16. The fourth-order valence-electron chi connectivity index (χ4n) is 5.55. The number of hydrogen-bond donors (Lipinski definition) is 0. The zero-order valence-electron chi connectivity index (χ0n) is 28.0. The average molecular weight is 682 g/mol. The van der Waals surface area contributed by atoms with Gasteiger partial charge in [-0.15, -0.1) is 0 Å². The van der Waals surface area contributed by atoms with Crippen molar-refractivity contribution in [1.29, 1.82) is 0 Å². The summed E-state index contributed by atoms with van der Waals surface area (Å²) in [6.07, 6.45) is 17.7. The fraction of sp³-hybridized carbons (Fsp3) is 0.500. The predicted octanol–water partition coefficient (Wildman–Crippen LogP) is 4.88. The second kappa shape index (κ2) is 22.5. The molecule has 0 atom stereocenters. The minimum absolute atomic E-state index is 0. The summed E-state index contributed by atoms with van der Waals surface area (Å²) in [6.45, 7) is 15.6. The molecule has 3 nitrogen and oxygen atoms in total. The maximum atomic E-state index is 5.10. The van der Waals surface area contributed by atoms with Gasteiger partial charge in [0.2, 0.25) is 0 Å². The van der Waals surface area contributed by atoms with E-state index in [-0.39, 0.29) is 41.6 Å². The van der Waals surface area contributed by atoms with Gasteiger partial charge in [0.1, 0.15) is 0 Å². The molecule has 0 saturated carbocycles. The second-order valence-corrected chi connectivity index (χ2v) is 11.8. The van der Waals surface area contributed by atoms with Crippen molar-refractivity contribution in [3.8, 4) is 0 Å². The summed E-state index contributed by atoms with van der Waals surface area (Å²) in [5, 5.41) is 0. The summed E-state index contributed by atoms with van der Waals surface area (Å²) in [7, 11) is 0. The van der Waals surface area contributed by atoms with Gasteiger partial charge in [-0.2, -0.15) is 0 Å². The van der Waals surface area contributed by atoms with Gasteiger partial charge in [-0.3, -0.25) is 9.98 Å². The molecule has 0 aliphatic carbocycles. The average Bonchev–Trinajstić information content (AvgIpc) is 2.95. The number of hydrogen-bond acceptors (Lipinski definition) is 3. The van der Waals surface area contributed by atoms with Crippen LogP contribution in [-0.4, -0.2) is 17.4 Å². The summed E-state index contributed by atoms with van der Waals surface area (Å²) in [5.41, 5.74) is 13.4. The molecule has 1 heterocycles. The Hall–Kier alpha value is -1.98. The van der Waals surface area contributed by atoms with Crippen LogP contribution in [0.15, 0.2) is 46.4 Å². The molecule has 44 heavy (non-hydrogen) atoms. The van der Waals surface area contributed by atoms with Crippen LogP contribution >= 0.6 is 0 Å². The molecule has 0 aliphatic rings. The van der Waals surface area contributed by atoms with Gasteiger partial charge in [0.15, 0.2) is 0 Å². The van der Waals surface area contributed by atoms with Crippen molar-refractivity contribution < 1.29 is 41.6 Å². The first-order valence-electron chi connectivity index (χ1n) is 16.2. The predicted molar refractivity (Wildman–Crippen MR) is 180 cm³/mol. The molecule has 0 aliphatic heterocycles. The second-order valence-electron chi connectivity index (χ2n) is 11.8. The standard InChI is InChI=1S/C38H53N3.2ClH.Co/c1-8-12-16-31-20-28(5)21-32(17-13-9-2)37(31)39-26-35-24-30(7)25-36(41-35)27-40-38-33(18-14-10-3)22-29(6)23-34(38)19-15-11-4;;;/h20-27H,8-19H2,1-7H3;2*1H;/q;;;+2/p-2. The Labute approximate surface area is 291 Å². The fourth-order valence-corrected chi connectivity index (χ4v) is 5.55. The Morgan fingerprint density at radius 1 is 0.500 bits per heavy atom. The molecule has 0 N–H and O–H groups in total. The molecule has 243 valence electrons. The molecular formula is C38H53Cl2CoN3. The van der Waals surface area contributed by atoms with Crippen LogP contribution in [0.3, 0.4) is 0 Å². The molecule has 0 saturated heterocycles. The smallest absolute Gasteiger partial charge is 1.00 e. The van der Waals surface area contributed by atoms with Crippen LogP contribution in [-0.2, 0) is 42.5 Å². The number of nitrogens with zero attached hydrogens (tertiary/aromatic N) is 3. The first kappa shape index (κ1) is 42.0. The van der Waals surface area contributed by atoms with Crippen LogP contribution in [0.5, 0.6) is 0 Å². The van der Waals surface area contributed by atoms with Gasteiger partial charge in [-0.1, -0.05) is 88.8 Å². The van der Waals surface area contributed by atoms with Gasteiger partial charge in [0, 0.05) is 0 Å². The normalized spacial score (nSPS) is 11.0. The van der Waals surface area contributed by atoms with Crippen molar-refractivity contribution >= 4 is 23.8 Å². The zero-order valence-corrected chi connectivity index (χ0v) is 30.6. The van der Waals surface area contributed by atoms with E-state index in [1.54, 1.807) is 0 Å². The Morgan fingerprint density at radius 2 is 0.773 bits per heavy atom. The minimum Gasteiger partial charge on any atom is -1.00 e. The number of benzene rings is 2. The molecule has 6 heteroatoms. The van der Waals surface area contributed by atoms with E-state index in [1.165, 1.54) is 90.3 Å². The molecule has 2 aromatic carbocycles. The Bertz CT molecular complexity index is 1180. The summed E-state index contributed by atoms with van der Waals surface area (Å²) in [6, 6.07) is 13.6. The number of unbranched alkanes of at least 4 members (excludes halogenated alkanes) is 4. The summed E-state index contributed by atoms with van der Waals surface area (Å²) >= 11 is 0. The maximum absolute atomic E-state index is 5.10. The number of aliphatic imine (C=N–C) groups is 2. The first-order chi connectivity index (χ1) is 19.9. The van der Waals surface area contributed by atoms with Gasteiger partial charge in [-0.05, 0) is 112 Å². The van der Waals surface area contributed by atoms with E-state index in [0.29, 0.717) is 0 Å². The van der Waals surface area contributed by atoms with E-state index in [1.807, 2.05) is 12.4 Å². The van der Waals surface area contributed by atoms with Gasteiger partial charge in [0.25, 0.3) is 0 Å². The Balaban J connectivity index is 0.00000616. The molecule has 0 amide bonds. The molecule has 0 spiro atoms. The third-order valence-electron chi connectivity index (χ3n) is 7.68. The minimum atomic E-state index is 0. The topological polar surface area (TPSA) is 37.6 Å². The van der Waals surface area contributed by atoms with E-state index in [2.05, 4.69) is 84.9 Å². The van der Waals surface area contributed by atoms with E-state index in [0.717, 1.165) is 48.4 Å². The summed E-state index contributed by atoms with van der Waals surface area (Å²) in [4.78, 5) is 15.2. The van der Waals surface area contributed by atoms with Gasteiger partial charge in [-0.25, -0.2) is 4.98 Å². The number of halogens is 2. The van der Waals surface area contributed by atoms with Crippen molar-refractivity contribution in [1.82, 2.24) is 4.98 Å².